The van der Waals surface area contributed by atoms with Crippen LogP contribution < -0.4 is 10.1 Å². The number of nitrogens with zero attached hydrogens (tertiary/aromatic N) is 1. The van der Waals surface area contributed by atoms with Gasteiger partial charge in [0.2, 0.25) is 5.91 Å². The van der Waals surface area contributed by atoms with E-state index in [1.54, 1.807) is 31.4 Å². The van der Waals surface area contributed by atoms with Crippen molar-refractivity contribution in [3.8, 4) is 5.75 Å². The van der Waals surface area contributed by atoms with Crippen molar-refractivity contribution >= 4 is 40.6 Å². The number of anilines is 1. The van der Waals surface area contributed by atoms with Crippen LogP contribution in [0.1, 0.15) is 17.5 Å². The summed E-state index contributed by atoms with van der Waals surface area (Å²) in [4.78, 5) is 38.3. The number of carbonyl (C=O) groups is 3. The highest BCUT2D eigenvalue weighted by Gasteiger charge is 2.35. The molecule has 0 spiro atoms. The van der Waals surface area contributed by atoms with Gasteiger partial charge < -0.3 is 10.1 Å². The monoisotopic (exact) mass is 396 g/mol. The molecular weight excluding hydrogens is 376 g/mol. The second-order valence-electron chi connectivity index (χ2n) is 6.27. The number of nitrogens with one attached hydrogen (secondary N) is 1. The fourth-order valence-electron chi connectivity index (χ4n) is 2.70. The Kier molecular flexibility index (Phi) is 6.16. The molecule has 1 fully saturated rings. The number of rotatable bonds is 6. The van der Waals surface area contributed by atoms with Gasteiger partial charge in [0.05, 0.1) is 12.0 Å². The van der Waals surface area contributed by atoms with Crippen LogP contribution in [0.5, 0.6) is 5.75 Å². The summed E-state index contributed by atoms with van der Waals surface area (Å²) in [7, 11) is 1.58. The van der Waals surface area contributed by atoms with Crippen LogP contribution in [-0.4, -0.2) is 35.6 Å². The van der Waals surface area contributed by atoms with Gasteiger partial charge in [0.25, 0.3) is 11.1 Å². The first kappa shape index (κ1) is 19.7. The van der Waals surface area contributed by atoms with Gasteiger partial charge in [0, 0.05) is 18.7 Å². The van der Waals surface area contributed by atoms with Crippen LogP contribution in [0.4, 0.5) is 10.5 Å². The first-order chi connectivity index (χ1) is 13.5. The van der Waals surface area contributed by atoms with Crippen molar-refractivity contribution < 1.29 is 19.1 Å². The third kappa shape index (κ3) is 4.80. The number of methoxy groups -OCH3 is 1. The van der Waals surface area contributed by atoms with Gasteiger partial charge in [-0.05, 0) is 60.2 Å². The average molecular weight is 396 g/mol. The Morgan fingerprint density at radius 1 is 1.18 bits per heavy atom. The van der Waals surface area contributed by atoms with Crippen LogP contribution in [0, 0.1) is 6.92 Å². The van der Waals surface area contributed by atoms with Crippen molar-refractivity contribution in [3.63, 3.8) is 0 Å². The quantitative estimate of drug-likeness (QED) is 0.745. The number of aryl methyl sites for hydroxylation is 1. The van der Waals surface area contributed by atoms with Crippen LogP contribution in [0.3, 0.4) is 0 Å². The average Bonchev–Trinajstić information content (AvgIpc) is 2.93. The Morgan fingerprint density at radius 3 is 2.61 bits per heavy atom. The van der Waals surface area contributed by atoms with E-state index in [2.05, 4.69) is 5.32 Å². The van der Waals surface area contributed by atoms with Crippen molar-refractivity contribution in [1.82, 2.24) is 4.90 Å². The molecule has 6 nitrogen and oxygen atoms in total. The van der Waals surface area contributed by atoms with E-state index in [0.717, 1.165) is 27.8 Å². The first-order valence-corrected chi connectivity index (χ1v) is 9.54. The Morgan fingerprint density at radius 2 is 1.93 bits per heavy atom. The van der Waals surface area contributed by atoms with Crippen LogP contribution >= 0.6 is 11.8 Å². The van der Waals surface area contributed by atoms with E-state index >= 15 is 0 Å². The second kappa shape index (κ2) is 8.75. The number of ether oxygens (including phenoxy) is 1. The fraction of sp³-hybridized carbons (Fsp3) is 0.190. The largest absolute Gasteiger partial charge is 0.497 e. The third-order valence-electron chi connectivity index (χ3n) is 4.15. The second-order valence-corrected chi connectivity index (χ2v) is 7.27. The summed E-state index contributed by atoms with van der Waals surface area (Å²) in [5.41, 5.74) is 2.52. The highest BCUT2D eigenvalue weighted by molar-refractivity contribution is 8.18. The molecule has 1 saturated heterocycles. The van der Waals surface area contributed by atoms with Gasteiger partial charge in [-0.3, -0.25) is 19.3 Å². The predicted octanol–water partition coefficient (Wildman–Crippen LogP) is 4.07. The summed E-state index contributed by atoms with van der Waals surface area (Å²) in [5, 5.41) is 2.41. The number of thioether (sulfide) groups is 1. The summed E-state index contributed by atoms with van der Waals surface area (Å²) in [5.74, 6) is 0.0860. The first-order valence-electron chi connectivity index (χ1n) is 8.72. The van der Waals surface area contributed by atoms with Crippen LogP contribution in [0.2, 0.25) is 0 Å². The smallest absolute Gasteiger partial charge is 0.293 e. The van der Waals surface area contributed by atoms with Crippen molar-refractivity contribution in [2.45, 2.75) is 13.3 Å². The van der Waals surface area contributed by atoms with E-state index in [4.69, 9.17) is 4.74 Å². The van der Waals surface area contributed by atoms with Crippen LogP contribution in [0.25, 0.3) is 6.08 Å². The van der Waals surface area contributed by atoms with Gasteiger partial charge in [-0.1, -0.05) is 24.3 Å². The number of hydrogen-bond acceptors (Lipinski definition) is 5. The maximum Gasteiger partial charge on any atom is 0.293 e. The molecule has 0 aromatic heterocycles. The Bertz CT molecular complexity index is 938. The lowest BCUT2D eigenvalue weighted by molar-refractivity contribution is -0.123. The Balaban J connectivity index is 1.60. The van der Waals surface area contributed by atoms with Gasteiger partial charge in [0.1, 0.15) is 5.75 Å². The molecule has 144 valence electrons. The Hall–Kier alpha value is -3.06. The topological polar surface area (TPSA) is 75.7 Å². The molecule has 1 aliphatic heterocycles. The van der Waals surface area contributed by atoms with Crippen molar-refractivity contribution in [3.05, 3.63) is 64.6 Å². The molecule has 1 N–H and O–H groups in total. The minimum absolute atomic E-state index is 0.0435. The molecule has 1 heterocycles. The Labute approximate surface area is 167 Å². The lowest BCUT2D eigenvalue weighted by Gasteiger charge is -2.12. The molecule has 0 atom stereocenters. The van der Waals surface area contributed by atoms with E-state index in [9.17, 15) is 14.4 Å². The molecular formula is C21H20N2O4S. The summed E-state index contributed by atoms with van der Waals surface area (Å²) < 4.78 is 5.10. The minimum Gasteiger partial charge on any atom is -0.497 e. The molecule has 7 heteroatoms. The third-order valence-corrected chi connectivity index (χ3v) is 5.06. The maximum absolute atomic E-state index is 12.5. The molecule has 3 amide bonds. The number of amides is 3. The van der Waals surface area contributed by atoms with Gasteiger partial charge in [-0.2, -0.15) is 0 Å². The number of carbonyl (C=O) groups excluding carboxylic acids is 3. The van der Waals surface area contributed by atoms with Gasteiger partial charge in [0.15, 0.2) is 0 Å². The van der Waals surface area contributed by atoms with Gasteiger partial charge in [-0.15, -0.1) is 0 Å². The predicted molar refractivity (Wildman–Crippen MR) is 110 cm³/mol. The summed E-state index contributed by atoms with van der Waals surface area (Å²) in [6.45, 7) is 1.98. The van der Waals surface area contributed by atoms with E-state index in [1.807, 2.05) is 37.3 Å². The fourth-order valence-corrected chi connectivity index (χ4v) is 3.57. The standard InChI is InChI=1S/C21H20N2O4S/c1-14-4-3-5-16(12-14)22-19(24)10-11-23-20(25)18(28-21(23)26)13-15-6-8-17(27-2)9-7-15/h3-9,12-13H,10-11H2,1-2H3,(H,22,24). The van der Waals surface area contributed by atoms with Crippen LogP contribution in [0.15, 0.2) is 53.4 Å². The van der Waals surface area contributed by atoms with Crippen molar-refractivity contribution in [2.75, 3.05) is 19.0 Å². The SMILES string of the molecule is COc1ccc(C=C2SC(=O)N(CCC(=O)Nc3cccc(C)c3)C2=O)cc1. The zero-order valence-electron chi connectivity index (χ0n) is 15.6. The minimum atomic E-state index is -0.380. The zero-order chi connectivity index (χ0) is 20.1. The van der Waals surface area contributed by atoms with E-state index in [1.165, 1.54) is 0 Å². The molecule has 3 rings (SSSR count). The molecule has 0 bridgehead atoms. The van der Waals surface area contributed by atoms with Crippen LogP contribution in [-0.2, 0) is 9.59 Å². The summed E-state index contributed by atoms with van der Waals surface area (Å²) >= 11 is 0.880. The lowest BCUT2D eigenvalue weighted by Crippen LogP contribution is -2.31. The van der Waals surface area contributed by atoms with E-state index < -0.39 is 0 Å². The molecule has 2 aromatic rings. The van der Waals surface area contributed by atoms with E-state index in [-0.39, 0.29) is 30.0 Å². The molecule has 0 aliphatic carbocycles. The van der Waals surface area contributed by atoms with Gasteiger partial charge in [-0.25, -0.2) is 0 Å². The number of hydrogen-bond donors (Lipinski definition) is 1. The summed E-state index contributed by atoms with van der Waals surface area (Å²) in [6.07, 6.45) is 1.71. The lowest BCUT2D eigenvalue weighted by atomic mass is 10.2. The van der Waals surface area contributed by atoms with Gasteiger partial charge >= 0.3 is 0 Å². The number of imide groups is 1. The molecule has 0 saturated carbocycles. The molecule has 0 radical (unpaired) electrons. The van der Waals surface area contributed by atoms with Crippen molar-refractivity contribution in [2.24, 2.45) is 0 Å². The normalized spacial score (nSPS) is 15.2. The van der Waals surface area contributed by atoms with Crippen molar-refractivity contribution in [1.29, 1.82) is 0 Å². The maximum atomic E-state index is 12.5. The highest BCUT2D eigenvalue weighted by Crippen LogP contribution is 2.32. The molecule has 0 unspecified atom stereocenters. The zero-order valence-corrected chi connectivity index (χ0v) is 16.4. The molecule has 1 aliphatic rings. The molecule has 28 heavy (non-hydrogen) atoms. The number of benzene rings is 2. The highest BCUT2D eigenvalue weighted by atomic mass is 32.2. The van der Waals surface area contributed by atoms with E-state index in [0.29, 0.717) is 16.3 Å². The summed E-state index contributed by atoms with van der Waals surface area (Å²) in [6, 6.07) is 14.6. The molecule has 2 aromatic carbocycles.